The van der Waals surface area contributed by atoms with Crippen LogP contribution in [0.15, 0.2) is 64.5 Å². The minimum Gasteiger partial charge on any atom is -0.497 e. The van der Waals surface area contributed by atoms with Crippen LogP contribution in [0.1, 0.15) is 16.0 Å². The first-order valence-electron chi connectivity index (χ1n) is 12.6. The van der Waals surface area contributed by atoms with Gasteiger partial charge in [-0.2, -0.15) is 0 Å². The first-order chi connectivity index (χ1) is 20.0. The number of carbonyl (C=O) groups excluding carboxylic acids is 3. The summed E-state index contributed by atoms with van der Waals surface area (Å²) in [5, 5.41) is 3.67. The Morgan fingerprint density at radius 1 is 1.12 bits per heavy atom. The zero-order chi connectivity index (χ0) is 30.1. The van der Waals surface area contributed by atoms with Crippen molar-refractivity contribution in [2.24, 2.45) is 0 Å². The second kappa shape index (κ2) is 12.2. The number of rotatable bonds is 9. The number of nitrogens with one attached hydrogen (secondary N) is 1. The molecule has 0 aliphatic carbocycles. The van der Waals surface area contributed by atoms with Gasteiger partial charge in [0.15, 0.2) is 5.75 Å². The number of carbonyl (C=O) groups is 3. The van der Waals surface area contributed by atoms with Gasteiger partial charge in [0.1, 0.15) is 29.2 Å². The molecule has 5 rings (SSSR count). The average Bonchev–Trinajstić information content (AvgIpc) is 3.33. The van der Waals surface area contributed by atoms with Crippen LogP contribution >= 0.6 is 39.0 Å². The minimum absolute atomic E-state index is 0.00484. The Morgan fingerprint density at radius 3 is 2.50 bits per heavy atom. The van der Waals surface area contributed by atoms with Crippen molar-refractivity contribution in [1.82, 2.24) is 10.2 Å². The molecule has 2 fully saturated rings. The fourth-order valence-corrected chi connectivity index (χ4v) is 8.17. The lowest BCUT2D eigenvalue weighted by molar-refractivity contribution is -0.275. The third kappa shape index (κ3) is 6.25. The molecular weight excluding hydrogens is 661 g/mol. The monoisotopic (exact) mass is 684 g/mol. The first kappa shape index (κ1) is 30.2. The van der Waals surface area contributed by atoms with Crippen molar-refractivity contribution in [3.63, 3.8) is 0 Å². The molecule has 3 aromatic rings. The van der Waals surface area contributed by atoms with Crippen LogP contribution in [0, 0.1) is 0 Å². The van der Waals surface area contributed by atoms with E-state index in [-0.39, 0.29) is 40.6 Å². The Labute approximate surface area is 255 Å². The van der Waals surface area contributed by atoms with Gasteiger partial charge in [-0.1, -0.05) is 42.5 Å². The Hall–Kier alpha value is -3.23. The number of ether oxygens (including phenoxy) is 3. The van der Waals surface area contributed by atoms with E-state index < -0.39 is 40.8 Å². The van der Waals surface area contributed by atoms with Crippen molar-refractivity contribution in [3.05, 3.63) is 80.5 Å². The van der Waals surface area contributed by atoms with Crippen molar-refractivity contribution in [2.75, 3.05) is 19.4 Å². The molecule has 222 valence electrons. The SMILES string of the molecule is COc1ccc(COC(=O)C2(c3scc(Br)c3OC(F)(F)F)CS[C@@H]3C(NC(=O)Cc4ccccc4)C(=O)N3C2)cc1. The summed E-state index contributed by atoms with van der Waals surface area (Å²) in [6.45, 7) is -0.385. The molecule has 2 saturated heterocycles. The largest absolute Gasteiger partial charge is 0.573 e. The number of amides is 2. The summed E-state index contributed by atoms with van der Waals surface area (Å²) in [6.07, 6.45) is -4.93. The van der Waals surface area contributed by atoms with Gasteiger partial charge < -0.3 is 24.4 Å². The van der Waals surface area contributed by atoms with Crippen LogP contribution in [0.25, 0.3) is 0 Å². The fourth-order valence-electron chi connectivity index (χ4n) is 4.81. The van der Waals surface area contributed by atoms with Gasteiger partial charge in [-0.25, -0.2) is 0 Å². The summed E-state index contributed by atoms with van der Waals surface area (Å²) in [6, 6.07) is 15.0. The van der Waals surface area contributed by atoms with Crippen LogP contribution in [0.4, 0.5) is 13.2 Å². The number of fused-ring (bicyclic) bond motifs is 1. The number of halogens is 4. The molecule has 1 aromatic heterocycles. The van der Waals surface area contributed by atoms with Gasteiger partial charge in [-0.3, -0.25) is 14.4 Å². The maximum atomic E-state index is 13.8. The molecule has 2 aliphatic heterocycles. The Kier molecular flexibility index (Phi) is 8.76. The number of hydrogen-bond acceptors (Lipinski definition) is 8. The van der Waals surface area contributed by atoms with Crippen molar-refractivity contribution in [2.45, 2.75) is 36.2 Å². The van der Waals surface area contributed by atoms with Crippen LogP contribution in [-0.4, -0.2) is 59.9 Å². The van der Waals surface area contributed by atoms with Crippen molar-refractivity contribution in [3.8, 4) is 11.5 Å². The summed E-state index contributed by atoms with van der Waals surface area (Å²) < 4.78 is 55.2. The lowest BCUT2D eigenvalue weighted by Crippen LogP contribution is -2.74. The number of hydrogen-bond donors (Lipinski definition) is 1. The number of thioether (sulfide) groups is 1. The van der Waals surface area contributed by atoms with Gasteiger partial charge in [0, 0.05) is 17.7 Å². The molecule has 0 spiro atoms. The van der Waals surface area contributed by atoms with Crippen LogP contribution in [0.2, 0.25) is 0 Å². The van der Waals surface area contributed by atoms with E-state index >= 15 is 0 Å². The minimum atomic E-state index is -5.02. The van der Waals surface area contributed by atoms with E-state index in [0.29, 0.717) is 11.3 Å². The molecule has 1 N–H and O–H groups in total. The lowest BCUT2D eigenvalue weighted by Gasteiger charge is -2.54. The molecule has 2 amide bonds. The van der Waals surface area contributed by atoms with Gasteiger partial charge in [-0.15, -0.1) is 36.3 Å². The average molecular weight is 686 g/mol. The van der Waals surface area contributed by atoms with Gasteiger partial charge in [0.25, 0.3) is 0 Å². The smallest absolute Gasteiger partial charge is 0.497 e. The summed E-state index contributed by atoms with van der Waals surface area (Å²) in [5.74, 6) is -1.51. The second-order valence-corrected chi connectivity index (χ2v) is 12.5. The van der Waals surface area contributed by atoms with E-state index in [1.165, 1.54) is 29.2 Å². The molecule has 8 nitrogen and oxygen atoms in total. The number of alkyl halides is 3. The van der Waals surface area contributed by atoms with Crippen LogP contribution in [-0.2, 0) is 37.6 Å². The highest BCUT2D eigenvalue weighted by Gasteiger charge is 2.60. The summed E-state index contributed by atoms with van der Waals surface area (Å²) in [7, 11) is 1.52. The van der Waals surface area contributed by atoms with Gasteiger partial charge in [0.2, 0.25) is 11.8 Å². The van der Waals surface area contributed by atoms with Crippen LogP contribution in [0.3, 0.4) is 0 Å². The zero-order valence-corrected chi connectivity index (χ0v) is 25.2. The molecule has 2 aromatic carbocycles. The number of methoxy groups -OCH3 is 1. The standard InChI is InChI=1S/C28H24BrF3N2O6S2/c1-38-18-9-7-17(8-10-18)12-39-26(37)27(23-22(19(29)13-41-23)40-28(30,31)32)14-34-24(36)21(25(34)42-15-27)33-20(35)11-16-5-3-2-4-6-16/h2-10,13,21,25H,11-12,14-15H2,1H3,(H,33,35)/t21?,25-,27?/m1/s1. The van der Waals surface area contributed by atoms with Crippen molar-refractivity contribution < 1.29 is 41.8 Å². The van der Waals surface area contributed by atoms with E-state index in [1.807, 2.05) is 18.2 Å². The van der Waals surface area contributed by atoms with E-state index in [4.69, 9.17) is 9.47 Å². The van der Waals surface area contributed by atoms with Crippen LogP contribution in [0.5, 0.6) is 11.5 Å². The Bertz CT molecular complexity index is 1470. The molecule has 42 heavy (non-hydrogen) atoms. The number of nitrogens with zero attached hydrogens (tertiary/aromatic N) is 1. The maximum Gasteiger partial charge on any atom is 0.573 e. The summed E-state index contributed by atoms with van der Waals surface area (Å²) in [5.41, 5.74) is -0.227. The predicted molar refractivity (Wildman–Crippen MR) is 153 cm³/mol. The Balaban J connectivity index is 1.37. The van der Waals surface area contributed by atoms with E-state index in [1.54, 1.807) is 36.4 Å². The molecule has 2 unspecified atom stereocenters. The van der Waals surface area contributed by atoms with Crippen molar-refractivity contribution >= 4 is 56.8 Å². The number of thiophene rings is 1. The summed E-state index contributed by atoms with van der Waals surface area (Å²) >= 11 is 5.20. The highest BCUT2D eigenvalue weighted by atomic mass is 79.9. The van der Waals surface area contributed by atoms with Gasteiger partial charge in [0.05, 0.1) is 22.9 Å². The second-order valence-electron chi connectivity index (χ2n) is 9.67. The molecule has 0 bridgehead atoms. The lowest BCUT2D eigenvalue weighted by atomic mass is 9.85. The fraction of sp³-hybridized carbons (Fsp3) is 0.321. The molecule has 2 aliphatic rings. The molecule has 0 saturated carbocycles. The van der Waals surface area contributed by atoms with Crippen molar-refractivity contribution in [1.29, 1.82) is 0 Å². The molecule has 3 heterocycles. The highest BCUT2D eigenvalue weighted by Crippen LogP contribution is 2.51. The first-order valence-corrected chi connectivity index (χ1v) is 15.3. The normalized spacial score (nSPS) is 21.6. The highest BCUT2D eigenvalue weighted by molar-refractivity contribution is 9.10. The molecular formula is C28H24BrF3N2O6S2. The predicted octanol–water partition coefficient (Wildman–Crippen LogP) is 5.04. The van der Waals surface area contributed by atoms with E-state index in [0.717, 1.165) is 16.9 Å². The topological polar surface area (TPSA) is 94.2 Å². The Morgan fingerprint density at radius 2 is 1.83 bits per heavy atom. The van der Waals surface area contributed by atoms with Gasteiger partial charge in [-0.05, 0) is 39.2 Å². The number of β-lactam (4-membered cyclic amide) rings is 1. The number of benzene rings is 2. The molecule has 3 atom stereocenters. The van der Waals surface area contributed by atoms with E-state index in [2.05, 4.69) is 26.0 Å². The number of esters is 1. The maximum absolute atomic E-state index is 13.8. The molecule has 0 radical (unpaired) electrons. The zero-order valence-electron chi connectivity index (χ0n) is 22.0. The summed E-state index contributed by atoms with van der Waals surface area (Å²) in [4.78, 5) is 41.0. The third-order valence-electron chi connectivity index (χ3n) is 6.88. The quantitative estimate of drug-likeness (QED) is 0.249. The van der Waals surface area contributed by atoms with Gasteiger partial charge >= 0.3 is 12.3 Å². The molecule has 14 heteroatoms. The van der Waals surface area contributed by atoms with Crippen LogP contribution < -0.4 is 14.8 Å². The third-order valence-corrected chi connectivity index (χ3v) is 10.5. The van der Waals surface area contributed by atoms with E-state index in [9.17, 15) is 27.6 Å².